The first-order valence-corrected chi connectivity index (χ1v) is 8.54. The van der Waals surface area contributed by atoms with Crippen molar-refractivity contribution in [3.8, 4) is 0 Å². The number of thiophene rings is 1. The van der Waals surface area contributed by atoms with E-state index in [1.54, 1.807) is 5.56 Å². The first-order valence-electron chi connectivity index (χ1n) is 7.73. The Kier molecular flexibility index (Phi) is 3.29. The summed E-state index contributed by atoms with van der Waals surface area (Å²) in [4.78, 5) is 4.26. The van der Waals surface area contributed by atoms with Crippen LogP contribution in [0.2, 0.25) is 0 Å². The van der Waals surface area contributed by atoms with Crippen molar-refractivity contribution < 1.29 is 0 Å². The van der Waals surface area contributed by atoms with Crippen molar-refractivity contribution in [2.45, 2.75) is 38.4 Å². The molecule has 1 aromatic carbocycles. The molecule has 2 aromatic rings. The maximum atomic E-state index is 3.34. The van der Waals surface area contributed by atoms with E-state index in [9.17, 15) is 0 Å². The summed E-state index contributed by atoms with van der Waals surface area (Å²) >= 11 is 1.96. The Labute approximate surface area is 124 Å². The van der Waals surface area contributed by atoms with E-state index >= 15 is 0 Å². The molecular weight excluding hydrogens is 264 g/mol. The van der Waals surface area contributed by atoms with Gasteiger partial charge in [0.1, 0.15) is 0 Å². The number of rotatable bonds is 4. The van der Waals surface area contributed by atoms with Crippen molar-refractivity contribution in [1.82, 2.24) is 10.2 Å². The van der Waals surface area contributed by atoms with Gasteiger partial charge in [-0.1, -0.05) is 18.2 Å². The van der Waals surface area contributed by atoms with E-state index in [-0.39, 0.29) is 0 Å². The fourth-order valence-electron chi connectivity index (χ4n) is 4.05. The lowest BCUT2D eigenvalue weighted by Crippen LogP contribution is -2.31. The summed E-state index contributed by atoms with van der Waals surface area (Å²) in [6.07, 6.45) is 4.34. The number of hydrogen-bond acceptors (Lipinski definition) is 3. The van der Waals surface area contributed by atoms with Gasteiger partial charge in [-0.05, 0) is 49.2 Å². The number of benzene rings is 1. The maximum absolute atomic E-state index is 3.34. The number of nitrogens with one attached hydrogen (secondary N) is 1. The van der Waals surface area contributed by atoms with Gasteiger partial charge in [-0.2, -0.15) is 0 Å². The van der Waals surface area contributed by atoms with Crippen LogP contribution in [-0.4, -0.2) is 24.5 Å². The number of likely N-dealkylation sites (tertiary alicyclic amines) is 1. The Morgan fingerprint density at radius 3 is 2.95 bits per heavy atom. The highest BCUT2D eigenvalue weighted by atomic mass is 32.1. The van der Waals surface area contributed by atoms with Gasteiger partial charge < -0.3 is 5.32 Å². The van der Waals surface area contributed by atoms with E-state index < -0.39 is 0 Å². The van der Waals surface area contributed by atoms with Crippen molar-refractivity contribution in [3.63, 3.8) is 0 Å². The van der Waals surface area contributed by atoms with Crippen LogP contribution < -0.4 is 5.32 Å². The Hall–Kier alpha value is -0.900. The van der Waals surface area contributed by atoms with Gasteiger partial charge in [0.25, 0.3) is 0 Å². The molecule has 2 bridgehead atoms. The standard InChI is InChI=1S/C17H22N2S/c1-18-9-17-15(14-4-2-3-5-16(14)20-17)11-19-10-12-6-7-13(19)8-12/h2-5,12-13,18H,6-11H2,1H3. The molecule has 2 nitrogen and oxygen atoms in total. The summed E-state index contributed by atoms with van der Waals surface area (Å²) < 4.78 is 1.44. The van der Waals surface area contributed by atoms with Crippen LogP contribution in [0.1, 0.15) is 29.7 Å². The van der Waals surface area contributed by atoms with Crippen LogP contribution in [0.5, 0.6) is 0 Å². The van der Waals surface area contributed by atoms with Crippen molar-refractivity contribution >= 4 is 21.4 Å². The molecule has 1 aliphatic carbocycles. The van der Waals surface area contributed by atoms with E-state index in [0.717, 1.165) is 25.0 Å². The molecular formula is C17H22N2S. The number of hydrogen-bond donors (Lipinski definition) is 1. The third-order valence-electron chi connectivity index (χ3n) is 5.00. The van der Waals surface area contributed by atoms with Crippen molar-refractivity contribution in [2.24, 2.45) is 5.92 Å². The van der Waals surface area contributed by atoms with Crippen molar-refractivity contribution in [2.75, 3.05) is 13.6 Å². The van der Waals surface area contributed by atoms with E-state index in [0.29, 0.717) is 0 Å². The Morgan fingerprint density at radius 1 is 1.30 bits per heavy atom. The highest BCUT2D eigenvalue weighted by Crippen LogP contribution is 2.40. The topological polar surface area (TPSA) is 15.3 Å². The molecule has 0 spiro atoms. The van der Waals surface area contributed by atoms with Crippen LogP contribution >= 0.6 is 11.3 Å². The molecule has 4 rings (SSSR count). The molecule has 2 heterocycles. The van der Waals surface area contributed by atoms with Gasteiger partial charge in [0.2, 0.25) is 0 Å². The molecule has 20 heavy (non-hydrogen) atoms. The molecule has 2 unspecified atom stereocenters. The molecule has 3 heteroatoms. The molecule has 2 atom stereocenters. The molecule has 106 valence electrons. The fourth-order valence-corrected chi connectivity index (χ4v) is 5.28. The minimum absolute atomic E-state index is 0.862. The molecule has 2 aliphatic rings. The van der Waals surface area contributed by atoms with Gasteiger partial charge in [0.15, 0.2) is 0 Å². The second-order valence-corrected chi connectivity index (χ2v) is 7.43. The molecule has 1 saturated heterocycles. The summed E-state index contributed by atoms with van der Waals surface area (Å²) in [6.45, 7) is 3.48. The first kappa shape index (κ1) is 12.8. The lowest BCUT2D eigenvalue weighted by molar-refractivity contribution is 0.206. The third kappa shape index (κ3) is 2.09. The van der Waals surface area contributed by atoms with Gasteiger partial charge >= 0.3 is 0 Å². The van der Waals surface area contributed by atoms with Gasteiger partial charge in [-0.15, -0.1) is 11.3 Å². The lowest BCUT2D eigenvalue weighted by Gasteiger charge is -2.27. The van der Waals surface area contributed by atoms with Crippen molar-refractivity contribution in [3.05, 3.63) is 34.7 Å². The normalized spacial score (nSPS) is 25.9. The average molecular weight is 286 g/mol. The highest BCUT2D eigenvalue weighted by molar-refractivity contribution is 7.19. The van der Waals surface area contributed by atoms with Crippen LogP contribution in [0, 0.1) is 5.92 Å². The van der Waals surface area contributed by atoms with Crippen LogP contribution in [0.4, 0.5) is 0 Å². The van der Waals surface area contributed by atoms with E-state index in [2.05, 4.69) is 34.5 Å². The summed E-state index contributed by atoms with van der Waals surface area (Å²) in [5.41, 5.74) is 1.58. The van der Waals surface area contributed by atoms with Crippen LogP contribution in [0.15, 0.2) is 24.3 Å². The zero-order valence-corrected chi connectivity index (χ0v) is 12.9. The van der Waals surface area contributed by atoms with E-state index in [1.807, 2.05) is 18.4 Å². The quantitative estimate of drug-likeness (QED) is 0.924. The zero-order valence-electron chi connectivity index (χ0n) is 12.1. The van der Waals surface area contributed by atoms with Crippen molar-refractivity contribution in [1.29, 1.82) is 0 Å². The number of nitrogens with zero attached hydrogens (tertiary/aromatic N) is 1. The highest BCUT2D eigenvalue weighted by Gasteiger charge is 2.37. The van der Waals surface area contributed by atoms with Crippen LogP contribution in [-0.2, 0) is 13.1 Å². The second-order valence-electron chi connectivity index (χ2n) is 6.29. The van der Waals surface area contributed by atoms with E-state index in [1.165, 1.54) is 40.8 Å². The molecule has 2 fully saturated rings. The predicted octanol–water partition coefficient (Wildman–Crippen LogP) is 3.61. The zero-order chi connectivity index (χ0) is 13.5. The molecule has 1 saturated carbocycles. The summed E-state index contributed by atoms with van der Waals surface area (Å²) in [5.74, 6) is 0.984. The third-order valence-corrected chi connectivity index (χ3v) is 6.22. The van der Waals surface area contributed by atoms with Gasteiger partial charge in [-0.25, -0.2) is 0 Å². The lowest BCUT2D eigenvalue weighted by atomic mass is 10.1. The molecule has 1 N–H and O–H groups in total. The van der Waals surface area contributed by atoms with Gasteiger partial charge in [-0.3, -0.25) is 4.90 Å². The Balaban J connectivity index is 1.68. The summed E-state index contributed by atoms with van der Waals surface area (Å²) in [6, 6.07) is 9.76. The molecule has 1 aliphatic heterocycles. The minimum Gasteiger partial charge on any atom is -0.315 e. The monoisotopic (exact) mass is 286 g/mol. The summed E-state index contributed by atoms with van der Waals surface area (Å²) in [7, 11) is 2.05. The van der Waals surface area contributed by atoms with E-state index in [4.69, 9.17) is 0 Å². The Bertz CT molecular complexity index is 618. The average Bonchev–Trinajstić information content (AvgIpc) is 3.15. The molecule has 0 radical (unpaired) electrons. The predicted molar refractivity (Wildman–Crippen MR) is 86.1 cm³/mol. The number of piperidine rings is 1. The molecule has 1 aromatic heterocycles. The first-order chi connectivity index (χ1) is 9.85. The SMILES string of the molecule is CNCc1sc2ccccc2c1CN1CC2CCC1C2. The number of fused-ring (bicyclic) bond motifs is 3. The van der Waals surface area contributed by atoms with Crippen LogP contribution in [0.3, 0.4) is 0 Å². The molecule has 0 amide bonds. The maximum Gasteiger partial charge on any atom is 0.0349 e. The Morgan fingerprint density at radius 2 is 2.20 bits per heavy atom. The smallest absolute Gasteiger partial charge is 0.0349 e. The minimum atomic E-state index is 0.862. The second kappa shape index (κ2) is 5.14. The van der Waals surface area contributed by atoms with Gasteiger partial charge in [0, 0.05) is 35.3 Å². The van der Waals surface area contributed by atoms with Crippen LogP contribution in [0.25, 0.3) is 10.1 Å². The summed E-state index contributed by atoms with van der Waals surface area (Å²) in [5, 5.41) is 4.81. The van der Waals surface area contributed by atoms with Gasteiger partial charge in [0.05, 0.1) is 0 Å². The fraction of sp³-hybridized carbons (Fsp3) is 0.529. The largest absolute Gasteiger partial charge is 0.315 e.